The molecule has 0 unspecified atom stereocenters. The molecule has 1 N–H and O–H groups in total. The summed E-state index contributed by atoms with van der Waals surface area (Å²) in [5, 5.41) is 11.1. The van der Waals surface area contributed by atoms with Gasteiger partial charge in [0.15, 0.2) is 5.76 Å². The highest BCUT2D eigenvalue weighted by atomic mass is 35.5. The van der Waals surface area contributed by atoms with Gasteiger partial charge in [-0.15, -0.1) is 0 Å². The second-order valence-electron chi connectivity index (χ2n) is 5.47. The number of rotatable bonds is 3. The zero-order valence-corrected chi connectivity index (χ0v) is 14.2. The fourth-order valence-electron chi connectivity index (χ4n) is 2.38. The highest BCUT2D eigenvalue weighted by Crippen LogP contribution is 2.37. The van der Waals surface area contributed by atoms with Gasteiger partial charge in [0.2, 0.25) is 0 Å². The number of nitriles is 1. The van der Waals surface area contributed by atoms with Gasteiger partial charge in [0.05, 0.1) is 21.8 Å². The van der Waals surface area contributed by atoms with Crippen LogP contribution in [0.25, 0.3) is 11.3 Å². The van der Waals surface area contributed by atoms with Crippen LogP contribution in [0.1, 0.15) is 21.7 Å². The SMILES string of the molecule is N#Cc1ccccc1NC(=O)c1ccc(-c2ccc(Cl)c(C(F)(F)F)c2)o1. The number of para-hydroxylation sites is 1. The highest BCUT2D eigenvalue weighted by molar-refractivity contribution is 6.31. The summed E-state index contributed by atoms with van der Waals surface area (Å²) in [5.74, 6) is -0.661. The van der Waals surface area contributed by atoms with Gasteiger partial charge >= 0.3 is 6.18 Å². The molecule has 0 bridgehead atoms. The second-order valence-corrected chi connectivity index (χ2v) is 5.87. The van der Waals surface area contributed by atoms with Crippen LogP contribution in [0.15, 0.2) is 59.0 Å². The summed E-state index contributed by atoms with van der Waals surface area (Å²) < 4.78 is 44.3. The summed E-state index contributed by atoms with van der Waals surface area (Å²) in [5.41, 5.74) is -0.297. The first-order valence-electron chi connectivity index (χ1n) is 7.57. The van der Waals surface area contributed by atoms with Crippen molar-refractivity contribution < 1.29 is 22.4 Å². The minimum atomic E-state index is -4.61. The molecule has 27 heavy (non-hydrogen) atoms. The second kappa shape index (κ2) is 7.17. The summed E-state index contributed by atoms with van der Waals surface area (Å²) in [7, 11) is 0. The number of nitrogens with one attached hydrogen (secondary N) is 1. The quantitative estimate of drug-likeness (QED) is 0.619. The van der Waals surface area contributed by atoms with Crippen molar-refractivity contribution in [2.24, 2.45) is 0 Å². The number of hydrogen-bond donors (Lipinski definition) is 1. The first kappa shape index (κ1) is 18.5. The fraction of sp³-hybridized carbons (Fsp3) is 0.0526. The predicted octanol–water partition coefficient (Wildman–Crippen LogP) is 5.74. The lowest BCUT2D eigenvalue weighted by Gasteiger charge is -2.10. The van der Waals surface area contributed by atoms with Gasteiger partial charge < -0.3 is 9.73 Å². The highest BCUT2D eigenvalue weighted by Gasteiger charge is 2.33. The molecule has 0 aliphatic carbocycles. The molecule has 0 fully saturated rings. The normalized spacial score (nSPS) is 11.1. The molecule has 1 heterocycles. The first-order valence-corrected chi connectivity index (χ1v) is 7.95. The third kappa shape index (κ3) is 3.96. The van der Waals surface area contributed by atoms with Gasteiger partial charge in [-0.25, -0.2) is 0 Å². The standard InChI is InChI=1S/C19H10ClF3N2O2/c20-14-6-5-11(9-13(14)19(21,22)23)16-7-8-17(27-16)18(26)25-15-4-2-1-3-12(15)10-24/h1-9H,(H,25,26). The van der Waals surface area contributed by atoms with Gasteiger partial charge in [-0.05, 0) is 42.5 Å². The Kier molecular flexibility index (Phi) is 4.93. The van der Waals surface area contributed by atoms with Gasteiger partial charge in [-0.2, -0.15) is 18.4 Å². The molecule has 2 aromatic carbocycles. The number of anilines is 1. The van der Waals surface area contributed by atoms with Crippen molar-refractivity contribution in [3.8, 4) is 17.4 Å². The smallest absolute Gasteiger partial charge is 0.417 e. The third-order valence-electron chi connectivity index (χ3n) is 3.68. The van der Waals surface area contributed by atoms with E-state index in [0.717, 1.165) is 12.1 Å². The van der Waals surface area contributed by atoms with Gasteiger partial charge in [-0.3, -0.25) is 4.79 Å². The van der Waals surface area contributed by atoms with Gasteiger partial charge in [0.1, 0.15) is 11.8 Å². The molecule has 0 aliphatic rings. The lowest BCUT2D eigenvalue weighted by atomic mass is 10.1. The van der Waals surface area contributed by atoms with E-state index in [-0.39, 0.29) is 22.6 Å². The number of carbonyl (C=O) groups is 1. The van der Waals surface area contributed by atoms with Crippen molar-refractivity contribution in [1.82, 2.24) is 0 Å². The number of nitrogens with zero attached hydrogens (tertiary/aromatic N) is 1. The number of furan rings is 1. The Morgan fingerprint density at radius 3 is 2.56 bits per heavy atom. The molecule has 0 saturated heterocycles. The molecule has 3 rings (SSSR count). The number of halogens is 4. The van der Waals surface area contributed by atoms with Crippen molar-refractivity contribution in [2.75, 3.05) is 5.32 Å². The Bertz CT molecular complexity index is 1050. The van der Waals surface area contributed by atoms with Gasteiger partial charge in [0, 0.05) is 5.56 Å². The van der Waals surface area contributed by atoms with Crippen molar-refractivity contribution in [3.63, 3.8) is 0 Å². The van der Waals surface area contributed by atoms with Crippen LogP contribution in [0.4, 0.5) is 18.9 Å². The number of alkyl halides is 3. The number of carbonyl (C=O) groups excluding carboxylic acids is 1. The van der Waals surface area contributed by atoms with Gasteiger partial charge in [-0.1, -0.05) is 23.7 Å². The molecular weight excluding hydrogens is 381 g/mol. The van der Waals surface area contributed by atoms with Crippen LogP contribution in [-0.4, -0.2) is 5.91 Å². The molecule has 0 spiro atoms. The Morgan fingerprint density at radius 1 is 1.11 bits per heavy atom. The number of amides is 1. The summed E-state index contributed by atoms with van der Waals surface area (Å²) in [6.07, 6.45) is -4.61. The molecule has 136 valence electrons. The van der Waals surface area contributed by atoms with E-state index in [1.165, 1.54) is 24.3 Å². The van der Waals surface area contributed by atoms with E-state index >= 15 is 0 Å². The lowest BCUT2D eigenvalue weighted by molar-refractivity contribution is -0.137. The van der Waals surface area contributed by atoms with E-state index in [0.29, 0.717) is 5.69 Å². The van der Waals surface area contributed by atoms with E-state index in [1.807, 2.05) is 6.07 Å². The average Bonchev–Trinajstić information content (AvgIpc) is 3.12. The maximum Gasteiger partial charge on any atom is 0.417 e. The third-order valence-corrected chi connectivity index (χ3v) is 4.01. The summed E-state index contributed by atoms with van der Waals surface area (Å²) in [4.78, 5) is 12.3. The Hall–Kier alpha value is -3.24. The average molecular weight is 391 g/mol. The lowest BCUT2D eigenvalue weighted by Crippen LogP contribution is -2.11. The van der Waals surface area contributed by atoms with Crippen LogP contribution in [0.3, 0.4) is 0 Å². The van der Waals surface area contributed by atoms with Crippen LogP contribution >= 0.6 is 11.6 Å². The predicted molar refractivity (Wildman–Crippen MR) is 93.3 cm³/mol. The zero-order valence-electron chi connectivity index (χ0n) is 13.5. The van der Waals surface area contributed by atoms with Crippen molar-refractivity contribution in [3.05, 3.63) is 76.5 Å². The molecule has 0 aliphatic heterocycles. The maximum absolute atomic E-state index is 13.0. The summed E-state index contributed by atoms with van der Waals surface area (Å²) in [6, 6.07) is 14.4. The first-order chi connectivity index (χ1) is 12.8. The van der Waals surface area contributed by atoms with Crippen LogP contribution in [0, 0.1) is 11.3 Å². The summed E-state index contributed by atoms with van der Waals surface area (Å²) in [6.45, 7) is 0. The van der Waals surface area contributed by atoms with Crippen LogP contribution in [0.2, 0.25) is 5.02 Å². The molecule has 4 nitrogen and oxygen atoms in total. The minimum Gasteiger partial charge on any atom is -0.451 e. The molecule has 1 aromatic heterocycles. The van der Waals surface area contributed by atoms with Crippen molar-refractivity contribution >= 4 is 23.2 Å². The molecular formula is C19H10ClF3N2O2. The van der Waals surface area contributed by atoms with E-state index in [9.17, 15) is 18.0 Å². The van der Waals surface area contributed by atoms with E-state index in [1.54, 1.807) is 18.2 Å². The fourth-order valence-corrected chi connectivity index (χ4v) is 2.61. The maximum atomic E-state index is 13.0. The van der Waals surface area contributed by atoms with Crippen LogP contribution in [0.5, 0.6) is 0 Å². The molecule has 8 heteroatoms. The Labute approximate surface area is 156 Å². The number of benzene rings is 2. The Morgan fingerprint density at radius 2 is 1.85 bits per heavy atom. The zero-order chi connectivity index (χ0) is 19.6. The molecule has 0 radical (unpaired) electrons. The van der Waals surface area contributed by atoms with E-state index < -0.39 is 22.7 Å². The summed E-state index contributed by atoms with van der Waals surface area (Å²) >= 11 is 5.60. The number of hydrogen-bond acceptors (Lipinski definition) is 3. The Balaban J connectivity index is 1.87. The van der Waals surface area contributed by atoms with Gasteiger partial charge in [0.25, 0.3) is 5.91 Å². The van der Waals surface area contributed by atoms with Crippen LogP contribution < -0.4 is 5.32 Å². The van der Waals surface area contributed by atoms with Crippen LogP contribution in [-0.2, 0) is 6.18 Å². The monoisotopic (exact) mass is 390 g/mol. The van der Waals surface area contributed by atoms with Crippen molar-refractivity contribution in [1.29, 1.82) is 5.26 Å². The molecule has 1 amide bonds. The largest absolute Gasteiger partial charge is 0.451 e. The topological polar surface area (TPSA) is 66.0 Å². The minimum absolute atomic E-state index is 0.0795. The van der Waals surface area contributed by atoms with E-state index in [2.05, 4.69) is 5.32 Å². The molecule has 0 atom stereocenters. The van der Waals surface area contributed by atoms with Crippen molar-refractivity contribution in [2.45, 2.75) is 6.18 Å². The van der Waals surface area contributed by atoms with E-state index in [4.69, 9.17) is 21.3 Å². The molecule has 0 saturated carbocycles. The molecule has 3 aromatic rings.